The van der Waals surface area contributed by atoms with E-state index in [1.165, 1.54) is 10.7 Å². The number of nitrogens with zero attached hydrogens (tertiary/aromatic N) is 3. The second kappa shape index (κ2) is 7.40. The Labute approximate surface area is 140 Å². The lowest BCUT2D eigenvalue weighted by Gasteiger charge is -2.11. The number of aryl methyl sites for hydroxylation is 1. The molecule has 24 heavy (non-hydrogen) atoms. The van der Waals surface area contributed by atoms with Crippen LogP contribution >= 0.6 is 0 Å². The molecule has 0 saturated heterocycles. The predicted octanol–water partition coefficient (Wildman–Crippen LogP) is 3.26. The van der Waals surface area contributed by atoms with Gasteiger partial charge in [0.1, 0.15) is 5.82 Å². The zero-order valence-corrected chi connectivity index (χ0v) is 14.0. The van der Waals surface area contributed by atoms with Crippen molar-refractivity contribution in [3.8, 4) is 11.3 Å². The summed E-state index contributed by atoms with van der Waals surface area (Å²) < 4.78 is 15.6. The van der Waals surface area contributed by atoms with E-state index in [-0.39, 0.29) is 5.65 Å². The molecular formula is C18H22FN5. The van der Waals surface area contributed by atoms with Crippen molar-refractivity contribution in [1.82, 2.24) is 19.9 Å². The summed E-state index contributed by atoms with van der Waals surface area (Å²) in [5.74, 6) is 0.343. The number of nitrogens with one attached hydrogen (secondary N) is 2. The van der Waals surface area contributed by atoms with Gasteiger partial charge in [-0.3, -0.25) is 0 Å². The molecule has 0 saturated carbocycles. The van der Waals surface area contributed by atoms with E-state index in [1.807, 2.05) is 44.3 Å². The SMILES string of the molecule is CNCCCCNc1cc(-c2ccccc2C)nc2c(F)cnn12. The molecule has 0 amide bonds. The van der Waals surface area contributed by atoms with Gasteiger partial charge in [-0.1, -0.05) is 24.3 Å². The van der Waals surface area contributed by atoms with Crippen LogP contribution in [0.3, 0.4) is 0 Å². The van der Waals surface area contributed by atoms with Gasteiger partial charge < -0.3 is 10.6 Å². The van der Waals surface area contributed by atoms with Crippen LogP contribution in [-0.2, 0) is 0 Å². The Morgan fingerprint density at radius 1 is 1.17 bits per heavy atom. The first-order chi connectivity index (χ1) is 11.7. The number of halogens is 1. The fourth-order valence-corrected chi connectivity index (χ4v) is 2.70. The topological polar surface area (TPSA) is 54.2 Å². The Hall–Kier alpha value is -2.47. The van der Waals surface area contributed by atoms with Crippen LogP contribution in [0, 0.1) is 12.7 Å². The van der Waals surface area contributed by atoms with Crippen LogP contribution in [0.25, 0.3) is 16.9 Å². The molecule has 0 spiro atoms. The fourth-order valence-electron chi connectivity index (χ4n) is 2.70. The van der Waals surface area contributed by atoms with Gasteiger partial charge in [0.15, 0.2) is 11.5 Å². The molecule has 0 aliphatic carbocycles. The summed E-state index contributed by atoms with van der Waals surface area (Å²) in [6, 6.07) is 9.90. The van der Waals surface area contributed by atoms with E-state index < -0.39 is 5.82 Å². The van der Waals surface area contributed by atoms with Gasteiger partial charge in [0, 0.05) is 18.2 Å². The molecule has 0 bridgehead atoms. The first kappa shape index (κ1) is 16.4. The van der Waals surface area contributed by atoms with E-state index in [1.54, 1.807) is 0 Å². The van der Waals surface area contributed by atoms with E-state index >= 15 is 0 Å². The van der Waals surface area contributed by atoms with Crippen molar-refractivity contribution in [2.24, 2.45) is 0 Å². The first-order valence-electron chi connectivity index (χ1n) is 8.19. The summed E-state index contributed by atoms with van der Waals surface area (Å²) in [5.41, 5.74) is 3.10. The highest BCUT2D eigenvalue weighted by atomic mass is 19.1. The van der Waals surface area contributed by atoms with Gasteiger partial charge in [-0.2, -0.15) is 9.61 Å². The molecule has 0 fully saturated rings. The summed E-state index contributed by atoms with van der Waals surface area (Å²) in [7, 11) is 1.95. The monoisotopic (exact) mass is 327 g/mol. The van der Waals surface area contributed by atoms with Gasteiger partial charge in [0.2, 0.25) is 0 Å². The maximum Gasteiger partial charge on any atom is 0.194 e. The van der Waals surface area contributed by atoms with Crippen LogP contribution in [0.1, 0.15) is 18.4 Å². The molecule has 2 aromatic heterocycles. The first-order valence-corrected chi connectivity index (χ1v) is 8.19. The molecule has 0 unspecified atom stereocenters. The Balaban J connectivity index is 1.94. The Morgan fingerprint density at radius 3 is 2.75 bits per heavy atom. The van der Waals surface area contributed by atoms with E-state index in [2.05, 4.69) is 20.7 Å². The average molecular weight is 327 g/mol. The number of anilines is 1. The van der Waals surface area contributed by atoms with Crippen molar-refractivity contribution in [1.29, 1.82) is 0 Å². The third kappa shape index (κ3) is 3.38. The maximum atomic E-state index is 14.0. The summed E-state index contributed by atoms with van der Waals surface area (Å²) >= 11 is 0. The van der Waals surface area contributed by atoms with Gasteiger partial charge in [-0.25, -0.2) is 9.37 Å². The molecule has 3 aromatic rings. The Bertz CT molecular complexity index is 827. The number of hydrogen-bond donors (Lipinski definition) is 2. The lowest BCUT2D eigenvalue weighted by Crippen LogP contribution is -2.12. The Morgan fingerprint density at radius 2 is 1.96 bits per heavy atom. The average Bonchev–Trinajstić information content (AvgIpc) is 2.96. The maximum absolute atomic E-state index is 14.0. The molecule has 0 atom stereocenters. The molecule has 2 N–H and O–H groups in total. The molecule has 0 radical (unpaired) electrons. The zero-order chi connectivity index (χ0) is 16.9. The van der Waals surface area contributed by atoms with Crippen LogP contribution in [0.2, 0.25) is 0 Å². The summed E-state index contributed by atoms with van der Waals surface area (Å²) in [6.45, 7) is 3.81. The Kier molecular flexibility index (Phi) is 5.05. The van der Waals surface area contributed by atoms with Gasteiger partial charge >= 0.3 is 0 Å². The number of rotatable bonds is 7. The third-order valence-electron chi connectivity index (χ3n) is 4.01. The standard InChI is InChI=1S/C18H22FN5/c1-13-7-3-4-8-14(13)16-11-17(21-10-6-5-9-20-2)24-18(23-16)15(19)12-22-24/h3-4,7-8,11-12,20-21H,5-6,9-10H2,1-2H3. The van der Waals surface area contributed by atoms with E-state index in [4.69, 9.17) is 0 Å². The number of benzene rings is 1. The van der Waals surface area contributed by atoms with Crippen molar-refractivity contribution in [3.63, 3.8) is 0 Å². The molecule has 3 rings (SSSR count). The van der Waals surface area contributed by atoms with Crippen molar-refractivity contribution < 1.29 is 4.39 Å². The summed E-state index contributed by atoms with van der Waals surface area (Å²) in [5, 5.41) is 10.6. The normalized spacial score (nSPS) is 11.1. The molecule has 0 aliphatic rings. The van der Waals surface area contributed by atoms with E-state index in [9.17, 15) is 4.39 Å². The van der Waals surface area contributed by atoms with Crippen molar-refractivity contribution in [2.75, 3.05) is 25.5 Å². The van der Waals surface area contributed by atoms with Crippen LogP contribution in [-0.4, -0.2) is 34.7 Å². The van der Waals surface area contributed by atoms with Crippen LogP contribution in [0.15, 0.2) is 36.5 Å². The lowest BCUT2D eigenvalue weighted by molar-refractivity contribution is 0.636. The lowest BCUT2D eigenvalue weighted by atomic mass is 10.1. The zero-order valence-electron chi connectivity index (χ0n) is 14.0. The smallest absolute Gasteiger partial charge is 0.194 e. The second-order valence-corrected chi connectivity index (χ2v) is 5.81. The minimum Gasteiger partial charge on any atom is -0.370 e. The molecular weight excluding hydrogens is 305 g/mol. The van der Waals surface area contributed by atoms with Crippen LogP contribution < -0.4 is 10.6 Å². The number of fused-ring (bicyclic) bond motifs is 1. The van der Waals surface area contributed by atoms with Gasteiger partial charge in [0.05, 0.1) is 11.9 Å². The number of unbranched alkanes of at least 4 members (excludes halogenated alkanes) is 1. The fraction of sp³-hybridized carbons (Fsp3) is 0.333. The minimum absolute atomic E-state index is 0.244. The molecule has 2 heterocycles. The van der Waals surface area contributed by atoms with E-state index in [0.717, 1.165) is 48.6 Å². The molecule has 6 heteroatoms. The van der Waals surface area contributed by atoms with E-state index in [0.29, 0.717) is 0 Å². The molecule has 126 valence electrons. The van der Waals surface area contributed by atoms with Gasteiger partial charge in [-0.15, -0.1) is 0 Å². The van der Waals surface area contributed by atoms with Crippen LogP contribution in [0.4, 0.5) is 10.2 Å². The minimum atomic E-state index is -0.413. The largest absolute Gasteiger partial charge is 0.370 e. The summed E-state index contributed by atoms with van der Waals surface area (Å²) in [4.78, 5) is 4.46. The predicted molar refractivity (Wildman–Crippen MR) is 94.8 cm³/mol. The second-order valence-electron chi connectivity index (χ2n) is 5.81. The van der Waals surface area contributed by atoms with Crippen LogP contribution in [0.5, 0.6) is 0 Å². The van der Waals surface area contributed by atoms with Crippen molar-refractivity contribution >= 4 is 11.5 Å². The molecule has 1 aromatic carbocycles. The molecule has 5 nitrogen and oxygen atoms in total. The third-order valence-corrected chi connectivity index (χ3v) is 4.01. The highest BCUT2D eigenvalue weighted by Gasteiger charge is 2.13. The van der Waals surface area contributed by atoms with Crippen molar-refractivity contribution in [2.45, 2.75) is 19.8 Å². The highest BCUT2D eigenvalue weighted by Crippen LogP contribution is 2.25. The number of aromatic nitrogens is 3. The highest BCUT2D eigenvalue weighted by molar-refractivity contribution is 5.69. The van der Waals surface area contributed by atoms with Gasteiger partial charge in [0.25, 0.3) is 0 Å². The number of hydrogen-bond acceptors (Lipinski definition) is 4. The summed E-state index contributed by atoms with van der Waals surface area (Å²) in [6.07, 6.45) is 3.31. The quantitative estimate of drug-likeness (QED) is 0.654. The van der Waals surface area contributed by atoms with Crippen molar-refractivity contribution in [3.05, 3.63) is 47.9 Å². The van der Waals surface area contributed by atoms with Gasteiger partial charge in [-0.05, 0) is 38.9 Å². The molecule has 0 aliphatic heterocycles.